The van der Waals surface area contributed by atoms with E-state index in [2.05, 4.69) is 34.5 Å². The van der Waals surface area contributed by atoms with Gasteiger partial charge in [-0.2, -0.15) is 0 Å². The number of hydrogen-bond acceptors (Lipinski definition) is 5. The predicted molar refractivity (Wildman–Crippen MR) is 116 cm³/mol. The van der Waals surface area contributed by atoms with E-state index in [1.807, 2.05) is 4.90 Å². The number of nitrogens with zero attached hydrogens (tertiary/aromatic N) is 2. The summed E-state index contributed by atoms with van der Waals surface area (Å²) in [5.74, 6) is -0.171. The van der Waals surface area contributed by atoms with Crippen molar-refractivity contribution in [1.82, 2.24) is 15.1 Å². The van der Waals surface area contributed by atoms with E-state index in [-0.39, 0.29) is 30.6 Å². The zero-order valence-corrected chi connectivity index (χ0v) is 18.4. The smallest absolute Gasteiger partial charge is 0.233 e. The number of benzene rings is 1. The third-order valence-corrected chi connectivity index (χ3v) is 7.01. The standard InChI is InChI=1S/C24H33N3O4/c1-24(16-21(28)25-23(24)30)17-22(29)27-10-7-20(8-11-27)19-4-2-18(3-5-19)6-9-26-12-14-31-15-13-26/h2-5,20H,6-17H2,1H3,(H,25,28,30). The van der Waals surface area contributed by atoms with Crippen LogP contribution in [0.2, 0.25) is 0 Å². The summed E-state index contributed by atoms with van der Waals surface area (Å²) < 4.78 is 5.41. The number of amides is 3. The zero-order valence-electron chi connectivity index (χ0n) is 18.4. The largest absolute Gasteiger partial charge is 0.379 e. The number of hydrogen-bond donors (Lipinski definition) is 1. The molecular formula is C24H33N3O4. The second kappa shape index (κ2) is 9.49. The van der Waals surface area contributed by atoms with E-state index < -0.39 is 5.41 Å². The first-order valence-corrected chi connectivity index (χ1v) is 11.4. The molecule has 0 radical (unpaired) electrons. The van der Waals surface area contributed by atoms with E-state index in [9.17, 15) is 14.4 Å². The lowest BCUT2D eigenvalue weighted by atomic mass is 9.83. The van der Waals surface area contributed by atoms with Crippen molar-refractivity contribution in [1.29, 1.82) is 0 Å². The summed E-state index contributed by atoms with van der Waals surface area (Å²) in [5, 5.41) is 2.32. The third-order valence-electron chi connectivity index (χ3n) is 7.01. The topological polar surface area (TPSA) is 79.0 Å². The molecule has 1 atom stereocenters. The Bertz CT molecular complexity index is 811. The van der Waals surface area contributed by atoms with Gasteiger partial charge >= 0.3 is 0 Å². The Kier molecular flexibility index (Phi) is 6.72. The van der Waals surface area contributed by atoms with Gasteiger partial charge in [0.05, 0.1) is 18.6 Å². The molecule has 31 heavy (non-hydrogen) atoms. The monoisotopic (exact) mass is 427 g/mol. The van der Waals surface area contributed by atoms with Crippen LogP contribution in [0.1, 0.15) is 49.7 Å². The predicted octanol–water partition coefficient (Wildman–Crippen LogP) is 1.71. The van der Waals surface area contributed by atoms with Crippen molar-refractivity contribution in [2.45, 2.75) is 44.9 Å². The van der Waals surface area contributed by atoms with E-state index in [4.69, 9.17) is 4.74 Å². The Morgan fingerprint density at radius 1 is 1.10 bits per heavy atom. The molecule has 3 amide bonds. The van der Waals surface area contributed by atoms with Crippen LogP contribution < -0.4 is 5.32 Å². The average molecular weight is 428 g/mol. The van der Waals surface area contributed by atoms with Crippen LogP contribution in [0, 0.1) is 5.41 Å². The number of carbonyl (C=O) groups excluding carboxylic acids is 3. The van der Waals surface area contributed by atoms with Crippen LogP contribution >= 0.6 is 0 Å². The first-order valence-electron chi connectivity index (χ1n) is 11.4. The molecule has 3 saturated heterocycles. The van der Waals surface area contributed by atoms with Crippen molar-refractivity contribution in [3.8, 4) is 0 Å². The molecule has 4 rings (SSSR count). The molecule has 0 aliphatic carbocycles. The summed E-state index contributed by atoms with van der Waals surface area (Å²) in [7, 11) is 0. The lowest BCUT2D eigenvalue weighted by Gasteiger charge is -2.34. The Hall–Kier alpha value is -2.25. The van der Waals surface area contributed by atoms with Gasteiger partial charge in [0.1, 0.15) is 0 Å². The third kappa shape index (κ3) is 5.33. The van der Waals surface area contributed by atoms with Gasteiger partial charge in [0.2, 0.25) is 17.7 Å². The van der Waals surface area contributed by atoms with Crippen LogP contribution in [0.3, 0.4) is 0 Å². The molecule has 3 aliphatic rings. The summed E-state index contributed by atoms with van der Waals surface area (Å²) in [6.45, 7) is 7.91. The minimum atomic E-state index is -0.901. The number of likely N-dealkylation sites (tertiary alicyclic amines) is 1. The maximum Gasteiger partial charge on any atom is 0.233 e. The molecule has 3 fully saturated rings. The van der Waals surface area contributed by atoms with Crippen LogP contribution in [0.4, 0.5) is 0 Å². The van der Waals surface area contributed by atoms with Crippen molar-refractivity contribution in [2.24, 2.45) is 5.41 Å². The number of nitrogens with one attached hydrogen (secondary N) is 1. The van der Waals surface area contributed by atoms with Gasteiger partial charge in [0.25, 0.3) is 0 Å². The number of morpholine rings is 1. The second-order valence-corrected chi connectivity index (χ2v) is 9.39. The van der Waals surface area contributed by atoms with E-state index in [1.54, 1.807) is 6.92 Å². The minimum absolute atomic E-state index is 0.0238. The fraction of sp³-hybridized carbons (Fsp3) is 0.625. The summed E-state index contributed by atoms with van der Waals surface area (Å²) in [4.78, 5) is 40.6. The molecule has 0 bridgehead atoms. The molecule has 1 aromatic carbocycles. The highest BCUT2D eigenvalue weighted by Gasteiger charge is 2.44. The van der Waals surface area contributed by atoms with Crippen molar-refractivity contribution >= 4 is 17.7 Å². The van der Waals surface area contributed by atoms with Crippen molar-refractivity contribution < 1.29 is 19.1 Å². The Balaban J connectivity index is 1.24. The molecule has 1 aromatic rings. The van der Waals surface area contributed by atoms with E-state index in [0.717, 1.165) is 52.1 Å². The van der Waals surface area contributed by atoms with E-state index >= 15 is 0 Å². The summed E-state index contributed by atoms with van der Waals surface area (Å²) >= 11 is 0. The fourth-order valence-corrected chi connectivity index (χ4v) is 4.88. The Morgan fingerprint density at radius 2 is 1.77 bits per heavy atom. The lowest BCUT2D eigenvalue weighted by Crippen LogP contribution is -2.41. The normalized spacial score (nSPS) is 25.6. The van der Waals surface area contributed by atoms with Crippen molar-refractivity contribution in [3.05, 3.63) is 35.4 Å². The maximum atomic E-state index is 12.7. The zero-order chi connectivity index (χ0) is 21.8. The van der Waals surface area contributed by atoms with Crippen LogP contribution in [-0.2, 0) is 25.5 Å². The van der Waals surface area contributed by atoms with Gasteiger partial charge in [-0.25, -0.2) is 0 Å². The van der Waals surface area contributed by atoms with Crippen LogP contribution in [0.15, 0.2) is 24.3 Å². The maximum absolute atomic E-state index is 12.7. The lowest BCUT2D eigenvalue weighted by molar-refractivity contribution is -0.139. The number of imide groups is 1. The average Bonchev–Trinajstić information content (AvgIpc) is 3.04. The van der Waals surface area contributed by atoms with Crippen LogP contribution in [0.25, 0.3) is 0 Å². The van der Waals surface area contributed by atoms with Gasteiger partial charge in [0, 0.05) is 45.6 Å². The molecule has 1 N–H and O–H groups in total. The molecular weight excluding hydrogens is 394 g/mol. The summed E-state index contributed by atoms with van der Waals surface area (Å²) in [6.07, 6.45) is 3.13. The summed E-state index contributed by atoms with van der Waals surface area (Å²) in [5.41, 5.74) is 1.80. The molecule has 1 unspecified atom stereocenters. The molecule has 0 aromatic heterocycles. The number of rotatable bonds is 6. The van der Waals surface area contributed by atoms with Gasteiger partial charge in [-0.05, 0) is 43.2 Å². The van der Waals surface area contributed by atoms with Gasteiger partial charge in [-0.1, -0.05) is 24.3 Å². The van der Waals surface area contributed by atoms with Crippen molar-refractivity contribution in [3.63, 3.8) is 0 Å². The van der Waals surface area contributed by atoms with E-state index in [1.165, 1.54) is 11.1 Å². The molecule has 168 valence electrons. The number of piperidine rings is 1. The van der Waals surface area contributed by atoms with Gasteiger partial charge in [-0.15, -0.1) is 0 Å². The SMILES string of the molecule is CC1(CC(=O)N2CCC(c3ccc(CCN4CCOCC4)cc3)CC2)CC(=O)NC1=O. The summed E-state index contributed by atoms with van der Waals surface area (Å²) in [6, 6.07) is 8.96. The highest BCUT2D eigenvalue weighted by atomic mass is 16.5. The molecule has 3 heterocycles. The Labute approximate surface area is 184 Å². The highest BCUT2D eigenvalue weighted by Crippen LogP contribution is 2.33. The Morgan fingerprint density at radius 3 is 2.39 bits per heavy atom. The molecule has 7 heteroatoms. The fourth-order valence-electron chi connectivity index (χ4n) is 4.88. The van der Waals surface area contributed by atoms with Gasteiger partial charge in [-0.3, -0.25) is 24.6 Å². The van der Waals surface area contributed by atoms with E-state index in [0.29, 0.717) is 19.0 Å². The highest BCUT2D eigenvalue weighted by molar-refractivity contribution is 6.07. The van der Waals surface area contributed by atoms with Crippen LogP contribution in [-0.4, -0.2) is 73.5 Å². The minimum Gasteiger partial charge on any atom is -0.379 e. The van der Waals surface area contributed by atoms with Gasteiger partial charge in [0.15, 0.2) is 0 Å². The second-order valence-electron chi connectivity index (χ2n) is 9.39. The first-order chi connectivity index (χ1) is 14.9. The number of ether oxygens (including phenoxy) is 1. The van der Waals surface area contributed by atoms with Gasteiger partial charge < -0.3 is 9.64 Å². The van der Waals surface area contributed by atoms with Crippen LogP contribution in [0.5, 0.6) is 0 Å². The molecule has 0 saturated carbocycles. The first kappa shape index (κ1) is 22.0. The van der Waals surface area contributed by atoms with Crippen molar-refractivity contribution in [2.75, 3.05) is 45.9 Å². The quantitative estimate of drug-likeness (QED) is 0.700. The molecule has 7 nitrogen and oxygen atoms in total. The molecule has 0 spiro atoms. The number of carbonyl (C=O) groups is 3. The molecule has 3 aliphatic heterocycles.